The molecule has 1 aromatic rings. The molecule has 22 heavy (non-hydrogen) atoms. The van der Waals surface area contributed by atoms with Crippen LogP contribution in [0.25, 0.3) is 0 Å². The summed E-state index contributed by atoms with van der Waals surface area (Å²) < 4.78 is 9.76. The van der Waals surface area contributed by atoms with E-state index < -0.39 is 0 Å². The Morgan fingerprint density at radius 2 is 1.77 bits per heavy atom. The molecule has 0 unspecified atom stereocenters. The molecule has 1 aliphatic heterocycles. The Kier molecular flexibility index (Phi) is 5.49. The smallest absolute Gasteiger partial charge is 0.409 e. The molecule has 0 aromatic heterocycles. The average Bonchev–Trinajstić information content (AvgIpc) is 2.54. The summed E-state index contributed by atoms with van der Waals surface area (Å²) in [7, 11) is 2.90. The molecule has 6 nitrogen and oxygen atoms in total. The van der Waals surface area contributed by atoms with Gasteiger partial charge in [0, 0.05) is 26.2 Å². The van der Waals surface area contributed by atoms with Crippen LogP contribution in [-0.2, 0) is 16.0 Å². The molecule has 0 aliphatic carbocycles. The van der Waals surface area contributed by atoms with Crippen molar-refractivity contribution in [3.05, 3.63) is 28.8 Å². The average molecular weight is 327 g/mol. The Morgan fingerprint density at radius 3 is 2.32 bits per heavy atom. The molecule has 1 saturated heterocycles. The molecule has 0 atom stereocenters. The fourth-order valence-electron chi connectivity index (χ4n) is 2.37. The Morgan fingerprint density at radius 1 is 1.14 bits per heavy atom. The lowest BCUT2D eigenvalue weighted by Gasteiger charge is -2.33. The van der Waals surface area contributed by atoms with E-state index in [9.17, 15) is 9.59 Å². The van der Waals surface area contributed by atoms with Crippen LogP contribution in [0.1, 0.15) is 5.56 Å². The van der Waals surface area contributed by atoms with Crippen molar-refractivity contribution in [3.8, 4) is 5.75 Å². The zero-order valence-corrected chi connectivity index (χ0v) is 13.4. The molecule has 120 valence electrons. The van der Waals surface area contributed by atoms with E-state index in [4.69, 9.17) is 16.3 Å². The van der Waals surface area contributed by atoms with E-state index in [1.54, 1.807) is 29.0 Å². The van der Waals surface area contributed by atoms with Crippen molar-refractivity contribution in [2.75, 3.05) is 40.4 Å². The topological polar surface area (TPSA) is 59.1 Å². The van der Waals surface area contributed by atoms with Crippen molar-refractivity contribution in [3.63, 3.8) is 0 Å². The van der Waals surface area contributed by atoms with E-state index in [-0.39, 0.29) is 18.4 Å². The minimum Gasteiger partial charge on any atom is -0.495 e. The highest BCUT2D eigenvalue weighted by molar-refractivity contribution is 6.32. The van der Waals surface area contributed by atoms with Gasteiger partial charge in [-0.25, -0.2) is 4.79 Å². The molecular formula is C15H19ClN2O4. The summed E-state index contributed by atoms with van der Waals surface area (Å²) in [6, 6.07) is 5.32. The Hall–Kier alpha value is -1.95. The number of ether oxygens (including phenoxy) is 2. The van der Waals surface area contributed by atoms with E-state index in [0.29, 0.717) is 37.0 Å². The molecular weight excluding hydrogens is 308 g/mol. The van der Waals surface area contributed by atoms with Crippen molar-refractivity contribution in [2.45, 2.75) is 6.42 Å². The molecule has 2 amide bonds. The molecule has 0 radical (unpaired) electrons. The van der Waals surface area contributed by atoms with E-state index >= 15 is 0 Å². The molecule has 7 heteroatoms. The molecule has 0 spiro atoms. The van der Waals surface area contributed by atoms with Gasteiger partial charge < -0.3 is 19.3 Å². The lowest BCUT2D eigenvalue weighted by atomic mass is 10.1. The summed E-state index contributed by atoms with van der Waals surface area (Å²) in [5, 5.41) is 0.489. The van der Waals surface area contributed by atoms with Crippen LogP contribution in [0.4, 0.5) is 4.79 Å². The van der Waals surface area contributed by atoms with Gasteiger partial charge in [-0.15, -0.1) is 0 Å². The molecule has 2 rings (SSSR count). The third-order valence-electron chi connectivity index (χ3n) is 3.64. The second-order valence-electron chi connectivity index (χ2n) is 4.98. The minimum absolute atomic E-state index is 0.0192. The fourth-order valence-corrected chi connectivity index (χ4v) is 2.65. The normalized spacial score (nSPS) is 14.7. The summed E-state index contributed by atoms with van der Waals surface area (Å²) in [5.41, 5.74) is 0.839. The predicted molar refractivity (Wildman–Crippen MR) is 82.3 cm³/mol. The van der Waals surface area contributed by atoms with Gasteiger partial charge in [-0.1, -0.05) is 17.7 Å². The summed E-state index contributed by atoms with van der Waals surface area (Å²) in [5.74, 6) is 0.607. The van der Waals surface area contributed by atoms with E-state index in [2.05, 4.69) is 4.74 Å². The summed E-state index contributed by atoms with van der Waals surface area (Å²) >= 11 is 6.06. The highest BCUT2D eigenvalue weighted by atomic mass is 35.5. The third kappa shape index (κ3) is 3.82. The van der Waals surface area contributed by atoms with Crippen molar-refractivity contribution in [1.82, 2.24) is 9.80 Å². The monoisotopic (exact) mass is 326 g/mol. The van der Waals surface area contributed by atoms with Crippen LogP contribution < -0.4 is 4.74 Å². The van der Waals surface area contributed by atoms with E-state index in [0.717, 1.165) is 5.56 Å². The number of nitrogens with zero attached hydrogens (tertiary/aromatic N) is 2. The van der Waals surface area contributed by atoms with Crippen molar-refractivity contribution < 1.29 is 19.1 Å². The van der Waals surface area contributed by atoms with Crippen LogP contribution in [0, 0.1) is 0 Å². The van der Waals surface area contributed by atoms with Crippen molar-refractivity contribution in [2.24, 2.45) is 0 Å². The summed E-state index contributed by atoms with van der Waals surface area (Å²) in [4.78, 5) is 27.0. The first-order valence-corrected chi connectivity index (χ1v) is 7.36. The summed E-state index contributed by atoms with van der Waals surface area (Å²) in [6.45, 7) is 2.00. The zero-order valence-electron chi connectivity index (χ0n) is 12.7. The Labute approximate surface area is 134 Å². The number of amides is 2. The number of benzene rings is 1. The number of carbonyl (C=O) groups is 2. The maximum atomic E-state index is 12.3. The minimum atomic E-state index is -0.353. The number of hydrogen-bond donors (Lipinski definition) is 0. The quantitative estimate of drug-likeness (QED) is 0.850. The van der Waals surface area contributed by atoms with Gasteiger partial charge in [0.2, 0.25) is 5.91 Å². The first-order chi connectivity index (χ1) is 10.5. The van der Waals surface area contributed by atoms with Crippen molar-refractivity contribution >= 4 is 23.6 Å². The van der Waals surface area contributed by atoms with Gasteiger partial charge in [-0.2, -0.15) is 0 Å². The van der Waals surface area contributed by atoms with Crippen LogP contribution >= 0.6 is 11.6 Å². The standard InChI is InChI=1S/C15H19ClN2O4/c1-21-13-4-3-11(9-12(13)16)10-14(19)17-5-7-18(8-6-17)15(20)22-2/h3-4,9H,5-8,10H2,1-2H3. The zero-order chi connectivity index (χ0) is 16.1. The molecule has 0 N–H and O–H groups in total. The second-order valence-corrected chi connectivity index (χ2v) is 5.39. The number of halogens is 1. The van der Waals surface area contributed by atoms with Crippen LogP contribution in [0.5, 0.6) is 5.75 Å². The van der Waals surface area contributed by atoms with Gasteiger partial charge in [-0.05, 0) is 17.7 Å². The van der Waals surface area contributed by atoms with Crippen molar-refractivity contribution in [1.29, 1.82) is 0 Å². The Balaban J connectivity index is 1.91. The first kappa shape index (κ1) is 16.4. The fraction of sp³-hybridized carbons (Fsp3) is 0.467. The molecule has 1 heterocycles. The lowest BCUT2D eigenvalue weighted by molar-refractivity contribution is -0.132. The maximum absolute atomic E-state index is 12.3. The number of hydrogen-bond acceptors (Lipinski definition) is 4. The number of piperazine rings is 1. The van der Waals surface area contributed by atoms with Crippen LogP contribution in [-0.4, -0.2) is 62.2 Å². The molecule has 1 aliphatic rings. The largest absolute Gasteiger partial charge is 0.495 e. The maximum Gasteiger partial charge on any atom is 0.409 e. The van der Waals surface area contributed by atoms with E-state index in [1.165, 1.54) is 7.11 Å². The number of methoxy groups -OCH3 is 2. The predicted octanol–water partition coefficient (Wildman–Crippen LogP) is 1.80. The number of rotatable bonds is 3. The van der Waals surface area contributed by atoms with Gasteiger partial charge in [0.25, 0.3) is 0 Å². The third-order valence-corrected chi connectivity index (χ3v) is 3.93. The summed E-state index contributed by atoms with van der Waals surface area (Å²) in [6.07, 6.45) is -0.0730. The second kappa shape index (κ2) is 7.35. The highest BCUT2D eigenvalue weighted by Gasteiger charge is 2.24. The molecule has 0 bridgehead atoms. The van der Waals surface area contributed by atoms with Gasteiger partial charge in [-0.3, -0.25) is 4.79 Å². The highest BCUT2D eigenvalue weighted by Crippen LogP contribution is 2.25. The van der Waals surface area contributed by atoms with Gasteiger partial charge >= 0.3 is 6.09 Å². The molecule has 1 fully saturated rings. The van der Waals surface area contributed by atoms with Gasteiger partial charge in [0.15, 0.2) is 0 Å². The van der Waals surface area contributed by atoms with Crippen LogP contribution in [0.15, 0.2) is 18.2 Å². The Bertz CT molecular complexity index is 556. The molecule has 1 aromatic carbocycles. The number of carbonyl (C=O) groups excluding carboxylic acids is 2. The first-order valence-electron chi connectivity index (χ1n) is 6.98. The van der Waals surface area contributed by atoms with Gasteiger partial charge in [0.05, 0.1) is 25.7 Å². The van der Waals surface area contributed by atoms with Crippen LogP contribution in [0.3, 0.4) is 0 Å². The SMILES string of the molecule is COC(=O)N1CCN(C(=O)Cc2ccc(OC)c(Cl)c2)CC1. The lowest BCUT2D eigenvalue weighted by Crippen LogP contribution is -2.50. The van der Waals surface area contributed by atoms with E-state index in [1.807, 2.05) is 6.07 Å². The molecule has 0 saturated carbocycles. The van der Waals surface area contributed by atoms with Gasteiger partial charge in [0.1, 0.15) is 5.75 Å². The van der Waals surface area contributed by atoms with Crippen LogP contribution in [0.2, 0.25) is 5.02 Å².